The molecule has 0 aliphatic carbocycles. The Labute approximate surface area is 251 Å². The maximum Gasteiger partial charge on any atom is 0.410 e. The Morgan fingerprint density at radius 2 is 1.40 bits per heavy atom. The van der Waals surface area contributed by atoms with Crippen molar-refractivity contribution in [1.29, 1.82) is 0 Å². The molecule has 2 aliphatic heterocycles. The largest absolute Gasteiger partial charge is 0.444 e. The Hall–Kier alpha value is -3.24. The summed E-state index contributed by atoms with van der Waals surface area (Å²) in [4.78, 5) is 34.8. The summed E-state index contributed by atoms with van der Waals surface area (Å²) in [6.45, 7) is 14.2. The van der Waals surface area contributed by atoms with Crippen molar-refractivity contribution in [2.45, 2.75) is 102 Å². The van der Waals surface area contributed by atoms with Crippen molar-refractivity contribution >= 4 is 12.2 Å². The van der Waals surface area contributed by atoms with Gasteiger partial charge in [0.05, 0.1) is 5.54 Å². The van der Waals surface area contributed by atoms with Crippen LogP contribution in [-0.4, -0.2) is 75.5 Å². The minimum atomic E-state index is -0.573. The van der Waals surface area contributed by atoms with Crippen LogP contribution in [0, 0.1) is 0 Å². The van der Waals surface area contributed by atoms with Crippen molar-refractivity contribution in [3.8, 4) is 0 Å². The summed E-state index contributed by atoms with van der Waals surface area (Å²) >= 11 is 0. The van der Waals surface area contributed by atoms with Gasteiger partial charge in [-0.1, -0.05) is 12.1 Å². The molecular weight excluding hydrogens is 532 g/mol. The van der Waals surface area contributed by atoms with Crippen LogP contribution in [0.25, 0.3) is 0 Å². The zero-order valence-corrected chi connectivity index (χ0v) is 26.2. The number of hydrogen-bond acceptors (Lipinski definition) is 8. The predicted molar refractivity (Wildman–Crippen MR) is 164 cm³/mol. The van der Waals surface area contributed by atoms with E-state index in [4.69, 9.17) is 15.2 Å². The fourth-order valence-electron chi connectivity index (χ4n) is 5.21. The number of carbonyl (C=O) groups is 2. The third-order valence-electron chi connectivity index (χ3n) is 7.28. The van der Waals surface area contributed by atoms with E-state index in [0.717, 1.165) is 37.9 Å². The minimum Gasteiger partial charge on any atom is -0.444 e. The van der Waals surface area contributed by atoms with E-state index in [1.54, 1.807) is 23.5 Å². The maximum absolute atomic E-state index is 12.5. The Bertz CT molecular complexity index is 1120. The summed E-state index contributed by atoms with van der Waals surface area (Å²) in [6.07, 6.45) is 11.4. The third kappa shape index (κ3) is 11.6. The van der Waals surface area contributed by atoms with Crippen molar-refractivity contribution in [2.75, 3.05) is 26.2 Å². The number of pyridine rings is 2. The number of nitrogens with zero attached hydrogens (tertiary/aromatic N) is 3. The number of likely N-dealkylation sites (tertiary alicyclic amines) is 1. The number of piperidine rings is 2. The van der Waals surface area contributed by atoms with Gasteiger partial charge in [0.15, 0.2) is 0 Å². The first kappa shape index (κ1) is 33.3. The van der Waals surface area contributed by atoms with Crippen molar-refractivity contribution in [1.82, 2.24) is 25.5 Å². The first-order chi connectivity index (χ1) is 19.7. The summed E-state index contributed by atoms with van der Waals surface area (Å²) in [6, 6.07) is 7.95. The lowest BCUT2D eigenvalue weighted by Gasteiger charge is -2.42. The molecule has 2 amide bonds. The number of nitrogens with one attached hydrogen (secondary N) is 2. The topological polar surface area (TPSA) is 132 Å². The van der Waals surface area contributed by atoms with Crippen LogP contribution in [0.2, 0.25) is 0 Å². The normalized spacial score (nSPS) is 18.2. The lowest BCUT2D eigenvalue weighted by atomic mass is 9.82. The average molecular weight is 583 g/mol. The highest BCUT2D eigenvalue weighted by molar-refractivity contribution is 5.70. The number of hydrogen-bond donors (Lipinski definition) is 3. The number of ether oxygens (including phenoxy) is 2. The molecule has 0 saturated carbocycles. The van der Waals surface area contributed by atoms with Gasteiger partial charge in [-0.2, -0.15) is 0 Å². The molecule has 0 aromatic carbocycles. The van der Waals surface area contributed by atoms with Gasteiger partial charge in [0.1, 0.15) is 11.2 Å². The van der Waals surface area contributed by atoms with Gasteiger partial charge in [-0.3, -0.25) is 9.97 Å². The molecule has 4 heterocycles. The molecule has 232 valence electrons. The highest BCUT2D eigenvalue weighted by Crippen LogP contribution is 2.28. The van der Waals surface area contributed by atoms with E-state index in [1.807, 2.05) is 65.9 Å². The summed E-state index contributed by atoms with van der Waals surface area (Å²) < 4.78 is 10.9. The molecule has 10 heteroatoms. The second kappa shape index (κ2) is 14.3. The van der Waals surface area contributed by atoms with Crippen LogP contribution in [0.1, 0.15) is 78.4 Å². The second-order valence-electron chi connectivity index (χ2n) is 13.6. The van der Waals surface area contributed by atoms with Crippen LogP contribution < -0.4 is 16.4 Å². The van der Waals surface area contributed by atoms with Gasteiger partial charge in [-0.15, -0.1) is 0 Å². The monoisotopic (exact) mass is 582 g/mol. The molecule has 4 N–H and O–H groups in total. The van der Waals surface area contributed by atoms with Crippen molar-refractivity contribution in [3.05, 3.63) is 60.2 Å². The van der Waals surface area contributed by atoms with Gasteiger partial charge in [0.25, 0.3) is 0 Å². The molecule has 0 radical (unpaired) electrons. The van der Waals surface area contributed by atoms with Crippen LogP contribution in [0.15, 0.2) is 49.1 Å². The molecule has 0 unspecified atom stereocenters. The Morgan fingerprint density at radius 1 is 0.881 bits per heavy atom. The number of aromatic nitrogens is 2. The molecule has 10 nitrogen and oxygen atoms in total. The van der Waals surface area contributed by atoms with Gasteiger partial charge in [0.2, 0.25) is 0 Å². The lowest BCUT2D eigenvalue weighted by molar-refractivity contribution is 0.0120. The quantitative estimate of drug-likeness (QED) is 0.465. The molecule has 42 heavy (non-hydrogen) atoms. The summed E-state index contributed by atoms with van der Waals surface area (Å²) in [7, 11) is 0. The van der Waals surface area contributed by atoms with Crippen LogP contribution in [0.3, 0.4) is 0 Å². The van der Waals surface area contributed by atoms with Gasteiger partial charge in [-0.25, -0.2) is 9.59 Å². The Morgan fingerprint density at radius 3 is 1.88 bits per heavy atom. The molecule has 4 rings (SSSR count). The van der Waals surface area contributed by atoms with Crippen molar-refractivity contribution in [3.63, 3.8) is 0 Å². The van der Waals surface area contributed by atoms with Gasteiger partial charge < -0.3 is 30.7 Å². The maximum atomic E-state index is 12.5. The fourth-order valence-corrected chi connectivity index (χ4v) is 5.21. The van der Waals surface area contributed by atoms with E-state index in [-0.39, 0.29) is 11.6 Å². The van der Waals surface area contributed by atoms with Crippen LogP contribution in [0.5, 0.6) is 0 Å². The molecule has 2 aromatic rings. The van der Waals surface area contributed by atoms with Gasteiger partial charge in [-0.05, 0) is 116 Å². The van der Waals surface area contributed by atoms with E-state index in [0.29, 0.717) is 32.4 Å². The fraction of sp³-hybridized carbons (Fsp3) is 0.625. The molecule has 2 aromatic heterocycles. The number of amides is 2. The predicted octanol–water partition coefficient (Wildman–Crippen LogP) is 4.62. The standard InChI is InChI=1S/C21H33N3O4.C11H17N3/c1-19(2,3)27-17(25)23-21(14-16-8-7-11-22-15-16)9-12-24(13-10-21)18(26)28-20(4,5)6;12-11(3-6-13-7-4-11)8-10-2-1-5-14-9-10/h7-8,11,15H,9-10,12-14H2,1-6H3,(H,23,25);1-2,5,9,13H,3-4,6-8,12H2. The molecule has 0 bridgehead atoms. The van der Waals surface area contributed by atoms with E-state index in [1.165, 1.54) is 5.56 Å². The summed E-state index contributed by atoms with van der Waals surface area (Å²) in [5.74, 6) is 0. The second-order valence-corrected chi connectivity index (χ2v) is 13.6. The molecular formula is C32H50N6O4. The summed E-state index contributed by atoms with van der Waals surface area (Å²) in [5.41, 5.74) is 6.98. The van der Waals surface area contributed by atoms with Crippen LogP contribution >= 0.6 is 0 Å². The van der Waals surface area contributed by atoms with Crippen LogP contribution in [-0.2, 0) is 22.3 Å². The SMILES string of the molecule is CC(C)(C)OC(=O)NC1(Cc2cccnc2)CCN(C(=O)OC(C)(C)C)CC1.NC1(Cc2cccnc2)CCNCC1. The molecule has 0 atom stereocenters. The number of nitrogens with two attached hydrogens (primary N) is 1. The van der Waals surface area contributed by atoms with Crippen LogP contribution in [0.4, 0.5) is 9.59 Å². The molecule has 2 saturated heterocycles. The number of alkyl carbamates (subject to hydrolysis) is 1. The zero-order valence-electron chi connectivity index (χ0n) is 26.2. The average Bonchev–Trinajstić information content (AvgIpc) is 2.88. The van der Waals surface area contributed by atoms with Gasteiger partial charge >= 0.3 is 12.2 Å². The number of rotatable bonds is 5. The first-order valence-electron chi connectivity index (χ1n) is 14.9. The third-order valence-corrected chi connectivity index (χ3v) is 7.28. The Kier molecular flexibility index (Phi) is 11.3. The lowest BCUT2D eigenvalue weighted by Crippen LogP contribution is -2.58. The number of carbonyl (C=O) groups excluding carboxylic acids is 2. The highest BCUT2D eigenvalue weighted by Gasteiger charge is 2.39. The summed E-state index contributed by atoms with van der Waals surface area (Å²) in [5, 5.41) is 6.41. The van der Waals surface area contributed by atoms with Crippen molar-refractivity contribution < 1.29 is 19.1 Å². The van der Waals surface area contributed by atoms with E-state index in [2.05, 4.69) is 26.7 Å². The highest BCUT2D eigenvalue weighted by atomic mass is 16.6. The smallest absolute Gasteiger partial charge is 0.410 e. The van der Waals surface area contributed by atoms with E-state index < -0.39 is 22.8 Å². The van der Waals surface area contributed by atoms with E-state index >= 15 is 0 Å². The minimum absolute atomic E-state index is 0.0196. The zero-order chi connectivity index (χ0) is 30.9. The van der Waals surface area contributed by atoms with Crippen molar-refractivity contribution in [2.24, 2.45) is 5.73 Å². The molecule has 0 spiro atoms. The molecule has 2 aliphatic rings. The molecule has 2 fully saturated rings. The van der Waals surface area contributed by atoms with Gasteiger partial charge in [0, 0.05) is 43.4 Å². The first-order valence-corrected chi connectivity index (χ1v) is 14.9. The Balaban J connectivity index is 0.000000287. The van der Waals surface area contributed by atoms with E-state index in [9.17, 15) is 9.59 Å².